The lowest BCUT2D eigenvalue weighted by atomic mass is 9.91. The monoisotopic (exact) mass is 464 g/mol. The summed E-state index contributed by atoms with van der Waals surface area (Å²) in [6, 6.07) is 2.10. The standard InChI is InChI=1S/C23H27F3N4O3/c1-5-10-27-20(31)16(11-13(2)3)30-12-17-18(21(30)32)19(28-22(33)29(17)4)14-8-6-7-9-15(14)23(24,25)26/h5-9,13,16,19H,1,10-12H2,2-4H3,(H,27,31)(H,28,33). The minimum Gasteiger partial charge on any atom is -0.351 e. The van der Waals surface area contributed by atoms with E-state index in [-0.39, 0.29) is 41.7 Å². The Kier molecular flexibility index (Phi) is 6.85. The highest BCUT2D eigenvalue weighted by Gasteiger charge is 2.48. The summed E-state index contributed by atoms with van der Waals surface area (Å²) < 4.78 is 41.1. The Morgan fingerprint density at radius 2 is 1.97 bits per heavy atom. The summed E-state index contributed by atoms with van der Waals surface area (Å²) in [7, 11) is 1.45. The van der Waals surface area contributed by atoms with E-state index >= 15 is 0 Å². The first-order chi connectivity index (χ1) is 15.5. The van der Waals surface area contributed by atoms with E-state index in [1.165, 1.54) is 41.1 Å². The predicted molar refractivity (Wildman–Crippen MR) is 116 cm³/mol. The molecule has 7 nitrogen and oxygen atoms in total. The molecule has 2 aliphatic heterocycles. The lowest BCUT2D eigenvalue weighted by molar-refractivity contribution is -0.139. The first-order valence-corrected chi connectivity index (χ1v) is 10.6. The molecular formula is C23H27F3N4O3. The van der Waals surface area contributed by atoms with Crippen molar-refractivity contribution in [3.63, 3.8) is 0 Å². The molecule has 0 aromatic heterocycles. The number of amides is 4. The molecule has 2 N–H and O–H groups in total. The Balaban J connectivity index is 2.05. The molecule has 2 unspecified atom stereocenters. The molecule has 10 heteroatoms. The zero-order chi connectivity index (χ0) is 24.5. The van der Waals surface area contributed by atoms with Crippen LogP contribution < -0.4 is 10.6 Å². The van der Waals surface area contributed by atoms with Crippen LogP contribution >= 0.6 is 0 Å². The molecule has 0 saturated carbocycles. The Morgan fingerprint density at radius 1 is 1.30 bits per heavy atom. The Bertz CT molecular complexity index is 1000. The molecule has 2 heterocycles. The summed E-state index contributed by atoms with van der Waals surface area (Å²) >= 11 is 0. The number of likely N-dealkylation sites (N-methyl/N-ethyl adjacent to an activating group) is 1. The average Bonchev–Trinajstić information content (AvgIpc) is 3.09. The summed E-state index contributed by atoms with van der Waals surface area (Å²) in [6.07, 6.45) is -2.80. The van der Waals surface area contributed by atoms with Gasteiger partial charge in [0.15, 0.2) is 0 Å². The lowest BCUT2D eigenvalue weighted by Crippen LogP contribution is -2.49. The number of nitrogens with zero attached hydrogens (tertiary/aromatic N) is 2. The van der Waals surface area contributed by atoms with E-state index in [0.717, 1.165) is 6.07 Å². The fourth-order valence-corrected chi connectivity index (χ4v) is 4.19. The van der Waals surface area contributed by atoms with Crippen LogP contribution in [0.5, 0.6) is 0 Å². The number of benzene rings is 1. The molecule has 178 valence electrons. The maximum absolute atomic E-state index is 13.7. The van der Waals surface area contributed by atoms with Crippen molar-refractivity contribution in [1.29, 1.82) is 0 Å². The smallest absolute Gasteiger partial charge is 0.351 e. The topological polar surface area (TPSA) is 81.8 Å². The number of carbonyl (C=O) groups is 3. The van der Waals surface area contributed by atoms with Crippen LogP contribution in [-0.4, -0.2) is 53.8 Å². The molecule has 4 amide bonds. The molecule has 33 heavy (non-hydrogen) atoms. The van der Waals surface area contributed by atoms with Gasteiger partial charge in [0.2, 0.25) is 5.91 Å². The van der Waals surface area contributed by atoms with E-state index < -0.39 is 35.8 Å². The number of alkyl halides is 3. The SMILES string of the molecule is C=CCNC(=O)C(CC(C)C)N1CC2=C(C1=O)C(c1ccccc1C(F)(F)F)NC(=O)N2C. The van der Waals surface area contributed by atoms with Crippen LogP contribution in [0.1, 0.15) is 37.4 Å². The normalized spacial score (nSPS) is 19.5. The molecule has 2 aliphatic rings. The van der Waals surface area contributed by atoms with E-state index in [9.17, 15) is 27.6 Å². The zero-order valence-electron chi connectivity index (χ0n) is 18.7. The number of hydrogen-bond donors (Lipinski definition) is 2. The van der Waals surface area contributed by atoms with E-state index in [4.69, 9.17) is 0 Å². The van der Waals surface area contributed by atoms with Crippen LogP contribution in [0.4, 0.5) is 18.0 Å². The number of hydrogen-bond acceptors (Lipinski definition) is 3. The van der Waals surface area contributed by atoms with Crippen LogP contribution in [0.25, 0.3) is 0 Å². The summed E-state index contributed by atoms with van der Waals surface area (Å²) in [6.45, 7) is 7.53. The van der Waals surface area contributed by atoms with E-state index in [1.54, 1.807) is 0 Å². The quantitative estimate of drug-likeness (QED) is 0.608. The van der Waals surface area contributed by atoms with Crippen molar-refractivity contribution in [2.45, 2.75) is 38.5 Å². The molecule has 0 bridgehead atoms. The molecule has 0 radical (unpaired) electrons. The first kappa shape index (κ1) is 24.3. The van der Waals surface area contributed by atoms with E-state index in [2.05, 4.69) is 17.2 Å². The van der Waals surface area contributed by atoms with Crippen LogP contribution in [0.2, 0.25) is 0 Å². The minimum absolute atomic E-state index is 0.0408. The van der Waals surface area contributed by atoms with Crippen molar-refractivity contribution in [3.05, 3.63) is 59.3 Å². The fourth-order valence-electron chi connectivity index (χ4n) is 4.19. The van der Waals surface area contributed by atoms with Gasteiger partial charge < -0.3 is 15.5 Å². The van der Waals surface area contributed by atoms with Crippen molar-refractivity contribution in [2.24, 2.45) is 5.92 Å². The van der Waals surface area contributed by atoms with Gasteiger partial charge >= 0.3 is 12.2 Å². The van der Waals surface area contributed by atoms with E-state index in [1.807, 2.05) is 13.8 Å². The Labute approximate surface area is 190 Å². The van der Waals surface area contributed by atoms with Gasteiger partial charge in [-0.05, 0) is 24.0 Å². The predicted octanol–water partition coefficient (Wildman–Crippen LogP) is 3.21. The number of urea groups is 1. The number of halogens is 3. The largest absolute Gasteiger partial charge is 0.416 e. The maximum atomic E-state index is 13.7. The van der Waals surface area contributed by atoms with Crippen molar-refractivity contribution in [3.8, 4) is 0 Å². The van der Waals surface area contributed by atoms with Crippen molar-refractivity contribution in [2.75, 3.05) is 20.1 Å². The number of nitrogens with one attached hydrogen (secondary N) is 2. The van der Waals surface area contributed by atoms with Crippen molar-refractivity contribution < 1.29 is 27.6 Å². The van der Waals surface area contributed by atoms with Gasteiger partial charge in [0.1, 0.15) is 6.04 Å². The molecule has 2 atom stereocenters. The van der Waals surface area contributed by atoms with Gasteiger partial charge in [-0.2, -0.15) is 13.2 Å². The summed E-state index contributed by atoms with van der Waals surface area (Å²) in [5.74, 6) is -0.890. The Hall–Kier alpha value is -3.30. The van der Waals surface area contributed by atoms with Gasteiger partial charge in [0, 0.05) is 13.6 Å². The second kappa shape index (κ2) is 9.29. The van der Waals surface area contributed by atoms with Crippen LogP contribution in [0.3, 0.4) is 0 Å². The lowest BCUT2D eigenvalue weighted by Gasteiger charge is -2.32. The van der Waals surface area contributed by atoms with Gasteiger partial charge in [-0.1, -0.05) is 38.1 Å². The van der Waals surface area contributed by atoms with Gasteiger partial charge in [-0.3, -0.25) is 14.5 Å². The highest BCUT2D eigenvalue weighted by atomic mass is 19.4. The summed E-state index contributed by atoms with van der Waals surface area (Å²) in [5.41, 5.74) is -0.818. The van der Waals surface area contributed by atoms with Crippen LogP contribution in [0, 0.1) is 5.92 Å². The second-order valence-corrected chi connectivity index (χ2v) is 8.50. The first-order valence-electron chi connectivity index (χ1n) is 10.6. The maximum Gasteiger partial charge on any atom is 0.416 e. The molecule has 3 rings (SSSR count). The zero-order valence-corrected chi connectivity index (χ0v) is 18.7. The Morgan fingerprint density at radius 3 is 2.58 bits per heavy atom. The summed E-state index contributed by atoms with van der Waals surface area (Å²) in [4.78, 5) is 41.5. The van der Waals surface area contributed by atoms with Crippen LogP contribution in [-0.2, 0) is 15.8 Å². The highest BCUT2D eigenvalue weighted by molar-refractivity contribution is 6.03. The third-order valence-corrected chi connectivity index (χ3v) is 5.76. The molecule has 0 aliphatic carbocycles. The fraction of sp³-hybridized carbons (Fsp3) is 0.435. The molecule has 1 aromatic carbocycles. The number of rotatable bonds is 7. The van der Waals surface area contributed by atoms with Gasteiger partial charge in [-0.25, -0.2) is 4.79 Å². The van der Waals surface area contributed by atoms with Crippen molar-refractivity contribution >= 4 is 17.8 Å². The molecule has 0 spiro atoms. The van der Waals surface area contributed by atoms with Gasteiger partial charge in [0.05, 0.1) is 29.4 Å². The minimum atomic E-state index is -4.67. The highest BCUT2D eigenvalue weighted by Crippen LogP contribution is 2.41. The third-order valence-electron chi connectivity index (χ3n) is 5.76. The van der Waals surface area contributed by atoms with Crippen LogP contribution in [0.15, 0.2) is 48.2 Å². The van der Waals surface area contributed by atoms with E-state index in [0.29, 0.717) is 6.42 Å². The molecule has 0 fully saturated rings. The summed E-state index contributed by atoms with van der Waals surface area (Å²) in [5, 5.41) is 5.22. The van der Waals surface area contributed by atoms with Crippen molar-refractivity contribution in [1.82, 2.24) is 20.4 Å². The average molecular weight is 464 g/mol. The molecular weight excluding hydrogens is 437 g/mol. The molecule has 0 saturated heterocycles. The molecule has 1 aromatic rings. The number of carbonyl (C=O) groups excluding carboxylic acids is 3. The third kappa shape index (κ3) is 4.74. The second-order valence-electron chi connectivity index (χ2n) is 8.50. The van der Waals surface area contributed by atoms with Gasteiger partial charge in [-0.15, -0.1) is 6.58 Å². The van der Waals surface area contributed by atoms with Gasteiger partial charge in [0.25, 0.3) is 5.91 Å².